The van der Waals surface area contributed by atoms with Crippen LogP contribution >= 0.6 is 0 Å². The first-order valence-electron chi connectivity index (χ1n) is 9.64. The van der Waals surface area contributed by atoms with E-state index in [9.17, 15) is 4.79 Å². The van der Waals surface area contributed by atoms with E-state index in [-0.39, 0.29) is 12.1 Å². The van der Waals surface area contributed by atoms with Crippen LogP contribution in [0.1, 0.15) is 17.2 Å². The number of benzene rings is 2. The van der Waals surface area contributed by atoms with Gasteiger partial charge in [-0.3, -0.25) is 10.4 Å². The van der Waals surface area contributed by atoms with Crippen molar-refractivity contribution in [1.29, 1.82) is 5.26 Å². The average Bonchev–Trinajstić information content (AvgIpc) is 3.22. The Bertz CT molecular complexity index is 1230. The Morgan fingerprint density at radius 1 is 1.19 bits per heavy atom. The van der Waals surface area contributed by atoms with Gasteiger partial charge in [-0.05, 0) is 17.7 Å². The molecule has 3 N–H and O–H groups in total. The van der Waals surface area contributed by atoms with Gasteiger partial charge in [-0.1, -0.05) is 42.5 Å². The number of H-pyrrole nitrogens is 1. The number of rotatable bonds is 6. The number of nitrogens with zero attached hydrogens (tertiary/aromatic N) is 3. The number of pyridine rings is 1. The normalized spacial score (nSPS) is 11.6. The Kier molecular flexibility index (Phi) is 5.87. The molecule has 2 heterocycles. The second-order valence-corrected chi connectivity index (χ2v) is 6.89. The molecule has 0 radical (unpaired) electrons. The molecule has 0 bridgehead atoms. The highest BCUT2D eigenvalue weighted by Gasteiger charge is 2.15. The lowest BCUT2D eigenvalue weighted by Gasteiger charge is -2.18. The van der Waals surface area contributed by atoms with Gasteiger partial charge >= 0.3 is 6.03 Å². The molecule has 4 rings (SSSR count). The van der Waals surface area contributed by atoms with Crippen LogP contribution in [0.2, 0.25) is 0 Å². The number of nitrogens with one attached hydrogen (secondary N) is 3. The van der Waals surface area contributed by atoms with Gasteiger partial charge in [0.25, 0.3) is 0 Å². The highest BCUT2D eigenvalue weighted by molar-refractivity contribution is 5.95. The standard InChI is InChI=1S/C23H20N6O2/c1-31-14-20(16-5-3-2-4-6-16)26-23(30)27-21-11-19-18(13-25-21)22(29-28-19)17-9-7-15(12-24)8-10-17/h2-11,13,20H,14H2,1H3,(H,28,29)(H2,25,26,27,30)/t20-/m1/s1. The highest BCUT2D eigenvalue weighted by Crippen LogP contribution is 2.27. The maximum absolute atomic E-state index is 12.5. The van der Waals surface area contributed by atoms with Gasteiger partial charge in [0.05, 0.1) is 29.8 Å². The summed E-state index contributed by atoms with van der Waals surface area (Å²) in [5.41, 5.74) is 3.87. The molecule has 0 aliphatic carbocycles. The van der Waals surface area contributed by atoms with Crippen molar-refractivity contribution in [2.24, 2.45) is 0 Å². The minimum Gasteiger partial charge on any atom is -0.382 e. The predicted octanol–water partition coefficient (Wildman–Crippen LogP) is 4.01. The summed E-state index contributed by atoms with van der Waals surface area (Å²) in [7, 11) is 1.59. The minimum absolute atomic E-state index is 0.287. The molecule has 154 valence electrons. The van der Waals surface area contributed by atoms with Crippen LogP contribution in [0, 0.1) is 11.3 Å². The largest absolute Gasteiger partial charge is 0.382 e. The molecule has 8 nitrogen and oxygen atoms in total. The van der Waals surface area contributed by atoms with Crippen LogP contribution in [0.25, 0.3) is 22.2 Å². The van der Waals surface area contributed by atoms with Gasteiger partial charge in [0.1, 0.15) is 11.5 Å². The number of methoxy groups -OCH3 is 1. The third kappa shape index (κ3) is 4.52. The monoisotopic (exact) mass is 412 g/mol. The van der Waals surface area contributed by atoms with Crippen LogP contribution in [0.4, 0.5) is 10.6 Å². The summed E-state index contributed by atoms with van der Waals surface area (Å²) in [6.07, 6.45) is 1.66. The number of hydrogen-bond donors (Lipinski definition) is 3. The lowest BCUT2D eigenvalue weighted by molar-refractivity contribution is 0.168. The van der Waals surface area contributed by atoms with Gasteiger partial charge in [-0.2, -0.15) is 10.4 Å². The number of fused-ring (bicyclic) bond motifs is 1. The topological polar surface area (TPSA) is 116 Å². The second-order valence-electron chi connectivity index (χ2n) is 6.89. The molecule has 0 aliphatic heterocycles. The quantitative estimate of drug-likeness (QED) is 0.443. The maximum atomic E-state index is 12.5. The third-order valence-corrected chi connectivity index (χ3v) is 4.82. The molecular formula is C23H20N6O2. The Morgan fingerprint density at radius 2 is 1.97 bits per heavy atom. The molecule has 4 aromatic rings. The predicted molar refractivity (Wildman–Crippen MR) is 117 cm³/mol. The van der Waals surface area contributed by atoms with Gasteiger partial charge in [0.2, 0.25) is 0 Å². The first-order valence-corrected chi connectivity index (χ1v) is 9.64. The molecule has 0 unspecified atom stereocenters. The van der Waals surface area contributed by atoms with Crippen molar-refractivity contribution >= 4 is 22.8 Å². The molecule has 2 amide bonds. The zero-order chi connectivity index (χ0) is 21.6. The van der Waals surface area contributed by atoms with Gasteiger partial charge in [-0.25, -0.2) is 9.78 Å². The van der Waals surface area contributed by atoms with E-state index in [0.29, 0.717) is 18.0 Å². The maximum Gasteiger partial charge on any atom is 0.320 e. The first kappa shape index (κ1) is 20.1. The second kappa shape index (κ2) is 9.07. The lowest BCUT2D eigenvalue weighted by Crippen LogP contribution is -2.35. The molecule has 0 saturated heterocycles. The molecule has 0 saturated carbocycles. The summed E-state index contributed by atoms with van der Waals surface area (Å²) >= 11 is 0. The van der Waals surface area contributed by atoms with E-state index in [1.54, 1.807) is 31.5 Å². The zero-order valence-corrected chi connectivity index (χ0v) is 16.8. The van der Waals surface area contributed by atoms with E-state index in [0.717, 1.165) is 27.7 Å². The van der Waals surface area contributed by atoms with Crippen molar-refractivity contribution in [3.63, 3.8) is 0 Å². The number of amides is 2. The van der Waals surface area contributed by atoms with Crippen molar-refractivity contribution in [3.05, 3.63) is 78.0 Å². The van der Waals surface area contributed by atoms with Crippen molar-refractivity contribution in [1.82, 2.24) is 20.5 Å². The molecule has 2 aromatic carbocycles. The SMILES string of the molecule is COC[C@@H](NC(=O)Nc1cc2[nH]nc(-c3ccc(C#N)cc3)c2cn1)c1ccccc1. The van der Waals surface area contributed by atoms with Crippen LogP contribution in [-0.4, -0.2) is 34.9 Å². The summed E-state index contributed by atoms with van der Waals surface area (Å²) in [5.74, 6) is 0.393. The number of nitriles is 1. The number of carbonyl (C=O) groups is 1. The molecule has 8 heteroatoms. The highest BCUT2D eigenvalue weighted by atomic mass is 16.5. The fourth-order valence-corrected chi connectivity index (χ4v) is 3.29. The molecule has 0 aliphatic rings. The van der Waals surface area contributed by atoms with Crippen LogP contribution in [-0.2, 0) is 4.74 Å². The summed E-state index contributed by atoms with van der Waals surface area (Å²) in [5, 5.41) is 22.8. The Balaban J connectivity index is 1.50. The van der Waals surface area contributed by atoms with E-state index in [2.05, 4.69) is 31.9 Å². The van der Waals surface area contributed by atoms with E-state index < -0.39 is 0 Å². The lowest BCUT2D eigenvalue weighted by atomic mass is 10.1. The van der Waals surface area contributed by atoms with E-state index in [1.807, 2.05) is 42.5 Å². The summed E-state index contributed by atoms with van der Waals surface area (Å²) < 4.78 is 5.24. The van der Waals surface area contributed by atoms with Gasteiger partial charge in [0, 0.05) is 30.3 Å². The van der Waals surface area contributed by atoms with Crippen molar-refractivity contribution in [3.8, 4) is 17.3 Å². The van der Waals surface area contributed by atoms with Gasteiger partial charge in [0.15, 0.2) is 0 Å². The summed E-state index contributed by atoms with van der Waals surface area (Å²) in [6, 6.07) is 19.9. The number of anilines is 1. The summed E-state index contributed by atoms with van der Waals surface area (Å²) in [6.45, 7) is 0.346. The third-order valence-electron chi connectivity index (χ3n) is 4.82. The Hall–Kier alpha value is -4.22. The number of hydrogen-bond acceptors (Lipinski definition) is 5. The fraction of sp³-hybridized carbons (Fsp3) is 0.130. The van der Waals surface area contributed by atoms with E-state index >= 15 is 0 Å². The number of ether oxygens (including phenoxy) is 1. The van der Waals surface area contributed by atoms with Gasteiger partial charge in [-0.15, -0.1) is 0 Å². The van der Waals surface area contributed by atoms with Crippen molar-refractivity contribution in [2.75, 3.05) is 19.0 Å². The van der Waals surface area contributed by atoms with Crippen molar-refractivity contribution in [2.45, 2.75) is 6.04 Å². The average molecular weight is 412 g/mol. The number of aromatic nitrogens is 3. The molecule has 31 heavy (non-hydrogen) atoms. The summed E-state index contributed by atoms with van der Waals surface area (Å²) in [4.78, 5) is 16.9. The Morgan fingerprint density at radius 3 is 2.68 bits per heavy atom. The molecule has 1 atom stereocenters. The van der Waals surface area contributed by atoms with E-state index in [1.165, 1.54) is 0 Å². The fourth-order valence-electron chi connectivity index (χ4n) is 3.29. The van der Waals surface area contributed by atoms with Crippen molar-refractivity contribution < 1.29 is 9.53 Å². The van der Waals surface area contributed by atoms with E-state index in [4.69, 9.17) is 10.00 Å². The molecule has 2 aromatic heterocycles. The number of urea groups is 1. The first-order chi connectivity index (χ1) is 15.2. The molecular weight excluding hydrogens is 392 g/mol. The smallest absolute Gasteiger partial charge is 0.320 e. The Labute approximate surface area is 178 Å². The molecule has 0 fully saturated rings. The molecule has 0 spiro atoms. The van der Waals surface area contributed by atoms with Gasteiger partial charge < -0.3 is 10.1 Å². The van der Waals surface area contributed by atoms with Crippen LogP contribution < -0.4 is 10.6 Å². The van der Waals surface area contributed by atoms with Crippen LogP contribution in [0.5, 0.6) is 0 Å². The van der Waals surface area contributed by atoms with Crippen LogP contribution in [0.3, 0.4) is 0 Å². The minimum atomic E-state index is -0.385. The van der Waals surface area contributed by atoms with Crippen LogP contribution in [0.15, 0.2) is 66.9 Å². The number of aromatic amines is 1. The zero-order valence-electron chi connectivity index (χ0n) is 16.8. The number of carbonyl (C=O) groups excluding carboxylic acids is 1.